The molecule has 2 aromatic rings. The Morgan fingerprint density at radius 1 is 1.44 bits per heavy atom. The van der Waals surface area contributed by atoms with Gasteiger partial charge in [0.05, 0.1) is 12.7 Å². The molecule has 0 saturated heterocycles. The van der Waals surface area contributed by atoms with Crippen LogP contribution in [-0.2, 0) is 0 Å². The molecule has 0 aliphatic carbocycles. The molecule has 0 fully saturated rings. The molecule has 6 heteroatoms. The smallest absolute Gasteiger partial charge is 0.358 e. The van der Waals surface area contributed by atoms with Crippen LogP contribution >= 0.6 is 0 Å². The van der Waals surface area contributed by atoms with Gasteiger partial charge in [-0.15, -0.1) is 0 Å². The van der Waals surface area contributed by atoms with E-state index < -0.39 is 11.8 Å². The van der Waals surface area contributed by atoms with Crippen molar-refractivity contribution in [1.82, 2.24) is 5.16 Å². The second-order valence-electron chi connectivity index (χ2n) is 3.71. The number of carbonyl (C=O) groups is 1. The third kappa shape index (κ3) is 2.04. The van der Waals surface area contributed by atoms with Crippen molar-refractivity contribution < 1.29 is 23.6 Å². The molecular weight excluding hydrogens is 241 g/mol. The number of hydrogen-bond donors (Lipinski definition) is 1. The molecule has 0 bridgehead atoms. The summed E-state index contributed by atoms with van der Waals surface area (Å²) in [7, 11) is 1.35. The first kappa shape index (κ1) is 12.1. The molecule has 1 N–H and O–H groups in total. The van der Waals surface area contributed by atoms with Gasteiger partial charge in [-0.1, -0.05) is 5.16 Å². The Kier molecular flexibility index (Phi) is 3.01. The van der Waals surface area contributed by atoms with Gasteiger partial charge >= 0.3 is 5.97 Å². The van der Waals surface area contributed by atoms with E-state index in [2.05, 4.69) is 5.16 Å². The molecule has 1 aromatic heterocycles. The van der Waals surface area contributed by atoms with Crippen LogP contribution in [0.4, 0.5) is 4.39 Å². The SMILES string of the molecule is COc1cc(C)cc(-c2cc(C(=O)O)no2)c1F. The van der Waals surface area contributed by atoms with Gasteiger partial charge in [0.25, 0.3) is 0 Å². The van der Waals surface area contributed by atoms with Gasteiger partial charge in [0.1, 0.15) is 0 Å². The molecule has 0 atom stereocenters. The van der Waals surface area contributed by atoms with Gasteiger partial charge < -0.3 is 14.4 Å². The van der Waals surface area contributed by atoms with E-state index in [1.807, 2.05) is 0 Å². The number of aromatic carboxylic acids is 1. The number of aryl methyl sites for hydroxylation is 1. The van der Waals surface area contributed by atoms with E-state index in [1.165, 1.54) is 25.3 Å². The standard InChI is InChI=1S/C12H10FNO4/c1-6-3-7(11(13)10(4-6)17-2)9-5-8(12(15)16)14-18-9/h3-5H,1-2H3,(H,15,16). The highest BCUT2D eigenvalue weighted by Gasteiger charge is 2.18. The molecule has 0 unspecified atom stereocenters. The Hall–Kier alpha value is -2.37. The van der Waals surface area contributed by atoms with Gasteiger partial charge in [0.15, 0.2) is 23.0 Å². The van der Waals surface area contributed by atoms with Crippen LogP contribution in [0.25, 0.3) is 11.3 Å². The van der Waals surface area contributed by atoms with Gasteiger partial charge in [0, 0.05) is 6.07 Å². The fraction of sp³-hybridized carbons (Fsp3) is 0.167. The molecule has 0 aliphatic rings. The molecule has 1 heterocycles. The maximum absolute atomic E-state index is 14.0. The Bertz CT molecular complexity index is 606. The molecule has 2 rings (SSSR count). The van der Waals surface area contributed by atoms with E-state index in [1.54, 1.807) is 6.92 Å². The number of aromatic nitrogens is 1. The second kappa shape index (κ2) is 4.48. The van der Waals surface area contributed by atoms with Crippen molar-refractivity contribution in [3.8, 4) is 17.1 Å². The van der Waals surface area contributed by atoms with E-state index in [9.17, 15) is 9.18 Å². The number of nitrogens with zero attached hydrogens (tertiary/aromatic N) is 1. The zero-order valence-corrected chi connectivity index (χ0v) is 9.73. The summed E-state index contributed by atoms with van der Waals surface area (Å²) >= 11 is 0. The van der Waals surface area contributed by atoms with E-state index >= 15 is 0 Å². The average molecular weight is 251 g/mol. The van der Waals surface area contributed by atoms with E-state index in [4.69, 9.17) is 14.4 Å². The van der Waals surface area contributed by atoms with E-state index in [0.29, 0.717) is 0 Å². The van der Waals surface area contributed by atoms with Crippen molar-refractivity contribution in [2.24, 2.45) is 0 Å². The summed E-state index contributed by atoms with van der Waals surface area (Å²) in [5, 5.41) is 12.1. The molecule has 0 amide bonds. The van der Waals surface area contributed by atoms with Crippen LogP contribution in [0.5, 0.6) is 5.75 Å². The molecule has 0 radical (unpaired) electrons. The lowest BCUT2D eigenvalue weighted by atomic mass is 10.1. The minimum absolute atomic E-state index is 0.0481. The van der Waals surface area contributed by atoms with Crippen molar-refractivity contribution in [3.05, 3.63) is 35.3 Å². The van der Waals surface area contributed by atoms with Crippen LogP contribution in [-0.4, -0.2) is 23.3 Å². The Labute approximate surface area is 102 Å². The highest BCUT2D eigenvalue weighted by atomic mass is 19.1. The van der Waals surface area contributed by atoms with Crippen LogP contribution in [0.15, 0.2) is 22.7 Å². The maximum Gasteiger partial charge on any atom is 0.358 e. The zero-order valence-electron chi connectivity index (χ0n) is 9.73. The summed E-state index contributed by atoms with van der Waals surface area (Å²) in [6.45, 7) is 1.76. The highest BCUT2D eigenvalue weighted by molar-refractivity contribution is 5.86. The summed E-state index contributed by atoms with van der Waals surface area (Å²) in [6.07, 6.45) is 0. The minimum atomic E-state index is -1.23. The molecule has 0 spiro atoms. The first-order valence-corrected chi connectivity index (χ1v) is 5.07. The van der Waals surface area contributed by atoms with Crippen molar-refractivity contribution in [3.63, 3.8) is 0 Å². The largest absolute Gasteiger partial charge is 0.494 e. The molecule has 5 nitrogen and oxygen atoms in total. The number of benzene rings is 1. The number of methoxy groups -OCH3 is 1. The van der Waals surface area contributed by atoms with Gasteiger partial charge in [-0.3, -0.25) is 0 Å². The van der Waals surface area contributed by atoms with Gasteiger partial charge in [0.2, 0.25) is 0 Å². The summed E-state index contributed by atoms with van der Waals surface area (Å²) < 4.78 is 23.7. The number of ether oxygens (including phenoxy) is 1. The molecule has 1 aromatic carbocycles. The fourth-order valence-electron chi connectivity index (χ4n) is 1.57. The first-order chi connectivity index (χ1) is 8.52. The fourth-order valence-corrected chi connectivity index (χ4v) is 1.57. The van der Waals surface area contributed by atoms with Gasteiger partial charge in [-0.05, 0) is 24.6 Å². The molecular formula is C12H10FNO4. The van der Waals surface area contributed by atoms with Crippen LogP contribution < -0.4 is 4.74 Å². The molecule has 0 saturated carbocycles. The number of hydrogen-bond acceptors (Lipinski definition) is 4. The molecule has 0 aliphatic heterocycles. The van der Waals surface area contributed by atoms with Crippen LogP contribution in [0, 0.1) is 12.7 Å². The predicted molar refractivity (Wildman–Crippen MR) is 60.1 cm³/mol. The van der Waals surface area contributed by atoms with Crippen LogP contribution in [0.2, 0.25) is 0 Å². The Morgan fingerprint density at radius 2 is 2.17 bits per heavy atom. The quantitative estimate of drug-likeness (QED) is 0.907. The lowest BCUT2D eigenvalue weighted by molar-refractivity contribution is 0.0686. The van der Waals surface area contributed by atoms with Crippen molar-refractivity contribution in [2.75, 3.05) is 7.11 Å². The lowest BCUT2D eigenvalue weighted by Crippen LogP contribution is -1.95. The van der Waals surface area contributed by atoms with Crippen molar-refractivity contribution >= 4 is 5.97 Å². The summed E-state index contributed by atoms with van der Waals surface area (Å²) in [6, 6.07) is 4.23. The Morgan fingerprint density at radius 3 is 2.72 bits per heavy atom. The van der Waals surface area contributed by atoms with Crippen molar-refractivity contribution in [2.45, 2.75) is 6.92 Å². The number of rotatable bonds is 3. The third-order valence-electron chi connectivity index (χ3n) is 2.40. The van der Waals surface area contributed by atoms with Crippen LogP contribution in [0.3, 0.4) is 0 Å². The third-order valence-corrected chi connectivity index (χ3v) is 2.40. The molecule has 94 valence electrons. The van der Waals surface area contributed by atoms with Gasteiger partial charge in [-0.2, -0.15) is 0 Å². The summed E-state index contributed by atoms with van der Waals surface area (Å²) in [4.78, 5) is 10.7. The normalized spacial score (nSPS) is 10.4. The first-order valence-electron chi connectivity index (χ1n) is 5.07. The average Bonchev–Trinajstić information content (AvgIpc) is 2.81. The Balaban J connectivity index is 2.55. The number of carboxylic acid groups (broad SMARTS) is 1. The number of carboxylic acids is 1. The van der Waals surface area contributed by atoms with E-state index in [-0.39, 0.29) is 22.8 Å². The van der Waals surface area contributed by atoms with Gasteiger partial charge in [-0.25, -0.2) is 9.18 Å². The summed E-state index contributed by atoms with van der Waals surface area (Å²) in [5.41, 5.74) is 0.605. The molecule has 18 heavy (non-hydrogen) atoms. The number of halogens is 1. The minimum Gasteiger partial charge on any atom is -0.494 e. The lowest BCUT2D eigenvalue weighted by Gasteiger charge is -2.06. The topological polar surface area (TPSA) is 72.6 Å². The van der Waals surface area contributed by atoms with Crippen molar-refractivity contribution in [1.29, 1.82) is 0 Å². The predicted octanol–water partition coefficient (Wildman–Crippen LogP) is 2.50. The highest BCUT2D eigenvalue weighted by Crippen LogP contribution is 2.31. The zero-order chi connectivity index (χ0) is 13.3. The maximum atomic E-state index is 14.0. The summed E-state index contributed by atoms with van der Waals surface area (Å²) in [5.74, 6) is -1.73. The monoisotopic (exact) mass is 251 g/mol. The second-order valence-corrected chi connectivity index (χ2v) is 3.71. The van der Waals surface area contributed by atoms with Crippen LogP contribution in [0.1, 0.15) is 16.1 Å². The van der Waals surface area contributed by atoms with E-state index in [0.717, 1.165) is 5.56 Å².